The fourth-order valence-corrected chi connectivity index (χ4v) is 3.71. The van der Waals surface area contributed by atoms with Crippen LogP contribution in [0.15, 0.2) is 68.9 Å². The zero-order chi connectivity index (χ0) is 22.4. The van der Waals surface area contributed by atoms with Crippen molar-refractivity contribution in [3.63, 3.8) is 0 Å². The number of aromatic nitrogens is 1. The first kappa shape index (κ1) is 21.9. The van der Waals surface area contributed by atoms with Gasteiger partial charge in [-0.2, -0.15) is 0 Å². The van der Waals surface area contributed by atoms with E-state index in [0.717, 1.165) is 14.2 Å². The van der Waals surface area contributed by atoms with E-state index < -0.39 is 33.9 Å². The van der Waals surface area contributed by atoms with Crippen LogP contribution in [0.2, 0.25) is 0 Å². The van der Waals surface area contributed by atoms with Gasteiger partial charge in [-0.3, -0.25) is 9.59 Å². The van der Waals surface area contributed by atoms with E-state index in [9.17, 15) is 18.0 Å². The topological polar surface area (TPSA) is 150 Å². The Balaban J connectivity index is 1.86. The Labute approximate surface area is 177 Å². The first-order valence-electron chi connectivity index (χ1n) is 8.83. The molecule has 2 heterocycles. The number of hydrogen-bond donors (Lipinski definition) is 2. The van der Waals surface area contributed by atoms with Crippen LogP contribution in [-0.4, -0.2) is 39.6 Å². The number of ether oxygens (including phenoxy) is 2. The van der Waals surface area contributed by atoms with Crippen LogP contribution in [0, 0.1) is 5.92 Å². The van der Waals surface area contributed by atoms with Crippen molar-refractivity contribution < 1.29 is 36.3 Å². The number of nitrogens with zero attached hydrogens (tertiary/aromatic N) is 1. The lowest BCUT2D eigenvalue weighted by Gasteiger charge is -2.24. The Kier molecular flexibility index (Phi) is 6.60. The molecular weight excluding hydrogens is 430 g/mol. The van der Waals surface area contributed by atoms with E-state index in [-0.39, 0.29) is 16.7 Å². The van der Waals surface area contributed by atoms with E-state index in [2.05, 4.69) is 15.0 Å². The van der Waals surface area contributed by atoms with Crippen LogP contribution < -0.4 is 10.0 Å². The number of hydrogen-bond acceptors (Lipinski definition) is 10. The van der Waals surface area contributed by atoms with Crippen molar-refractivity contribution in [2.45, 2.75) is 10.9 Å². The molecule has 12 heteroatoms. The summed E-state index contributed by atoms with van der Waals surface area (Å²) < 4.78 is 46.8. The maximum Gasteiger partial charge on any atom is 0.322 e. The summed E-state index contributed by atoms with van der Waals surface area (Å²) in [6, 6.07) is 7.63. The summed E-state index contributed by atoms with van der Waals surface area (Å²) in [5, 5.41) is 2.99. The van der Waals surface area contributed by atoms with Gasteiger partial charge in [-0.25, -0.2) is 18.1 Å². The van der Waals surface area contributed by atoms with Gasteiger partial charge < -0.3 is 23.6 Å². The van der Waals surface area contributed by atoms with Crippen LogP contribution in [0.25, 0.3) is 0 Å². The molecule has 0 amide bonds. The predicted molar refractivity (Wildman–Crippen MR) is 106 cm³/mol. The van der Waals surface area contributed by atoms with Crippen molar-refractivity contribution in [2.24, 2.45) is 5.92 Å². The Morgan fingerprint density at radius 3 is 2.19 bits per heavy atom. The van der Waals surface area contributed by atoms with Gasteiger partial charge >= 0.3 is 18.0 Å². The molecule has 0 aliphatic rings. The van der Waals surface area contributed by atoms with Crippen LogP contribution in [-0.2, 0) is 29.1 Å². The molecule has 1 aromatic carbocycles. The Hall–Kier alpha value is -3.80. The summed E-state index contributed by atoms with van der Waals surface area (Å²) in [6.45, 7) is 0. The van der Waals surface area contributed by atoms with Gasteiger partial charge in [-0.1, -0.05) is 0 Å². The number of rotatable bonds is 9. The normalized spacial score (nSPS) is 12.2. The highest BCUT2D eigenvalue weighted by Crippen LogP contribution is 2.30. The monoisotopic (exact) mass is 449 g/mol. The molecule has 3 rings (SSSR count). The Morgan fingerprint density at radius 2 is 1.68 bits per heavy atom. The average molecular weight is 449 g/mol. The summed E-state index contributed by atoms with van der Waals surface area (Å²) in [6.07, 6.45) is 3.93. The van der Waals surface area contributed by atoms with Crippen LogP contribution in [0.3, 0.4) is 0 Å². The molecule has 3 aromatic rings. The molecule has 1 unspecified atom stereocenters. The minimum Gasteiger partial charge on any atom is -0.468 e. The lowest BCUT2D eigenvalue weighted by Crippen LogP contribution is -2.35. The minimum atomic E-state index is -3.92. The van der Waals surface area contributed by atoms with Crippen molar-refractivity contribution in [1.29, 1.82) is 0 Å². The fourth-order valence-electron chi connectivity index (χ4n) is 2.77. The van der Waals surface area contributed by atoms with Crippen LogP contribution in [0.1, 0.15) is 11.8 Å². The van der Waals surface area contributed by atoms with E-state index in [1.165, 1.54) is 43.0 Å². The number of oxazole rings is 1. The molecule has 2 aromatic heterocycles. The van der Waals surface area contributed by atoms with Gasteiger partial charge in [0.2, 0.25) is 0 Å². The molecule has 0 fully saturated rings. The smallest absolute Gasteiger partial charge is 0.322 e. The summed E-state index contributed by atoms with van der Waals surface area (Å²) in [7, 11) is -1.62. The lowest BCUT2D eigenvalue weighted by atomic mass is 9.97. The highest BCUT2D eigenvalue weighted by atomic mass is 32.2. The van der Waals surface area contributed by atoms with Crippen LogP contribution in [0.4, 0.5) is 11.7 Å². The number of benzene rings is 1. The van der Waals surface area contributed by atoms with E-state index in [4.69, 9.17) is 18.3 Å². The van der Waals surface area contributed by atoms with Crippen LogP contribution in [0.5, 0.6) is 0 Å². The van der Waals surface area contributed by atoms with E-state index in [1.54, 1.807) is 12.1 Å². The Bertz CT molecular complexity index is 1090. The van der Waals surface area contributed by atoms with E-state index in [1.807, 2.05) is 0 Å². The molecule has 0 aliphatic heterocycles. The molecule has 2 N–H and O–H groups in total. The summed E-state index contributed by atoms with van der Waals surface area (Å²) in [5.41, 5.74) is 0.411. The highest BCUT2D eigenvalue weighted by molar-refractivity contribution is 7.92. The number of sulfonamides is 1. The Morgan fingerprint density at radius 1 is 1.00 bits per heavy atom. The molecule has 1 atom stereocenters. The molecule has 11 nitrogen and oxygen atoms in total. The second-order valence-electron chi connectivity index (χ2n) is 6.13. The van der Waals surface area contributed by atoms with Crippen LogP contribution >= 0.6 is 0 Å². The maximum absolute atomic E-state index is 12.4. The van der Waals surface area contributed by atoms with Gasteiger partial charge in [0.1, 0.15) is 18.1 Å². The maximum atomic E-state index is 12.4. The minimum absolute atomic E-state index is 0.0525. The van der Waals surface area contributed by atoms with E-state index >= 15 is 0 Å². The zero-order valence-electron chi connectivity index (χ0n) is 16.5. The van der Waals surface area contributed by atoms with Gasteiger partial charge in [-0.15, -0.1) is 0 Å². The number of esters is 2. The molecule has 0 spiro atoms. The number of carbonyl (C=O) groups is 2. The van der Waals surface area contributed by atoms with Gasteiger partial charge in [0.05, 0.1) is 31.6 Å². The van der Waals surface area contributed by atoms with Crippen molar-refractivity contribution in [3.8, 4) is 0 Å². The highest BCUT2D eigenvalue weighted by Gasteiger charge is 2.39. The average Bonchev–Trinajstić information content (AvgIpc) is 3.47. The van der Waals surface area contributed by atoms with Crippen molar-refractivity contribution in [2.75, 3.05) is 24.3 Å². The number of carbonyl (C=O) groups excluding carboxylic acids is 2. The number of methoxy groups -OCH3 is 2. The standard InChI is InChI=1S/C19H19N3O8S/c1-27-17(23)15(18(24)28-2)16(14-4-3-10-29-14)21-12-5-7-13(8-6-12)31(25,26)22-19-20-9-11-30-19/h3-11,15-16,21H,1-2H3,(H,20,22). The van der Waals surface area contributed by atoms with Crippen molar-refractivity contribution in [3.05, 3.63) is 60.9 Å². The second-order valence-corrected chi connectivity index (χ2v) is 7.81. The van der Waals surface area contributed by atoms with Gasteiger partial charge in [0, 0.05) is 5.69 Å². The van der Waals surface area contributed by atoms with Gasteiger partial charge in [0.15, 0.2) is 5.92 Å². The third-order valence-electron chi connectivity index (χ3n) is 4.23. The second kappa shape index (κ2) is 9.34. The lowest BCUT2D eigenvalue weighted by molar-refractivity contribution is -0.159. The quantitative estimate of drug-likeness (QED) is 0.367. The molecule has 0 bridgehead atoms. The number of nitrogens with one attached hydrogen (secondary N) is 2. The number of anilines is 2. The molecular formula is C19H19N3O8S. The zero-order valence-corrected chi connectivity index (χ0v) is 17.3. The third kappa shape index (κ3) is 5.04. The third-order valence-corrected chi connectivity index (χ3v) is 5.57. The van der Waals surface area contributed by atoms with E-state index in [0.29, 0.717) is 5.69 Å². The first-order valence-corrected chi connectivity index (χ1v) is 10.3. The van der Waals surface area contributed by atoms with Crippen molar-refractivity contribution in [1.82, 2.24) is 4.98 Å². The summed E-state index contributed by atoms with van der Waals surface area (Å²) in [5.74, 6) is -2.73. The molecule has 0 aliphatic carbocycles. The molecule has 164 valence electrons. The largest absolute Gasteiger partial charge is 0.468 e. The molecule has 0 radical (unpaired) electrons. The molecule has 0 saturated heterocycles. The fraction of sp³-hybridized carbons (Fsp3) is 0.211. The molecule has 31 heavy (non-hydrogen) atoms. The first-order chi connectivity index (χ1) is 14.9. The predicted octanol–water partition coefficient (Wildman–Crippen LogP) is 2.18. The summed E-state index contributed by atoms with van der Waals surface area (Å²) >= 11 is 0. The molecule has 0 saturated carbocycles. The van der Waals surface area contributed by atoms with Gasteiger partial charge in [-0.05, 0) is 36.4 Å². The van der Waals surface area contributed by atoms with Crippen molar-refractivity contribution >= 4 is 33.7 Å². The summed E-state index contributed by atoms with van der Waals surface area (Å²) in [4.78, 5) is 28.2. The SMILES string of the molecule is COC(=O)C(C(=O)OC)C(Nc1ccc(S(=O)(=O)Nc2ncco2)cc1)c1ccco1. The number of furan rings is 1. The van der Waals surface area contributed by atoms with Gasteiger partial charge in [0.25, 0.3) is 10.0 Å².